The molecule has 0 unspecified atom stereocenters. The maximum Gasteiger partial charge on any atom is 0.204 e. The van der Waals surface area contributed by atoms with E-state index in [0.29, 0.717) is 5.56 Å². The Bertz CT molecular complexity index is 560. The molecule has 1 nitrogen and oxygen atoms in total. The van der Waals surface area contributed by atoms with Crippen molar-refractivity contribution in [3.05, 3.63) is 54.6 Å². The van der Waals surface area contributed by atoms with Crippen LogP contribution in [0.3, 0.4) is 0 Å². The van der Waals surface area contributed by atoms with Gasteiger partial charge in [0.25, 0.3) is 0 Å². The summed E-state index contributed by atoms with van der Waals surface area (Å²) in [5.41, 5.74) is 0.706. The molecular formula is C13H10Br2OS. The van der Waals surface area contributed by atoms with Crippen LogP contribution in [0.2, 0.25) is 0 Å². The van der Waals surface area contributed by atoms with E-state index in [1.165, 1.54) is 4.88 Å². The molecule has 1 aromatic carbocycles. The van der Waals surface area contributed by atoms with Gasteiger partial charge in [0.05, 0.1) is 4.88 Å². The van der Waals surface area contributed by atoms with Crippen LogP contribution >= 0.6 is 43.2 Å². The Morgan fingerprint density at radius 3 is 2.59 bits per heavy atom. The van der Waals surface area contributed by atoms with E-state index < -0.39 is 0 Å². The van der Waals surface area contributed by atoms with Gasteiger partial charge in [0.2, 0.25) is 5.78 Å². The number of rotatable bonds is 3. The van der Waals surface area contributed by atoms with Crippen molar-refractivity contribution in [2.24, 2.45) is 0 Å². The van der Waals surface area contributed by atoms with Crippen molar-refractivity contribution in [1.82, 2.24) is 0 Å². The fraction of sp³-hybridized carbons (Fsp3) is 0.154. The molecule has 0 saturated heterocycles. The highest BCUT2D eigenvalue weighted by molar-refractivity contribution is 9.11. The number of carbonyl (C=O) groups is 1. The molecular weight excluding hydrogens is 364 g/mol. The first-order valence-corrected chi connectivity index (χ1v) is 7.60. The summed E-state index contributed by atoms with van der Waals surface area (Å²) in [6, 6.07) is 9.53. The third-order valence-electron chi connectivity index (χ3n) is 2.41. The van der Waals surface area contributed by atoms with Crippen molar-refractivity contribution in [2.45, 2.75) is 13.3 Å². The van der Waals surface area contributed by atoms with Gasteiger partial charge in [0.15, 0.2) is 0 Å². The summed E-state index contributed by atoms with van der Waals surface area (Å²) in [5.74, 6) is 0.0778. The average molecular weight is 374 g/mol. The predicted molar refractivity (Wildman–Crippen MR) is 79.0 cm³/mol. The van der Waals surface area contributed by atoms with Crippen LogP contribution in [0.4, 0.5) is 0 Å². The number of carbonyl (C=O) groups excluding carboxylic acids is 1. The van der Waals surface area contributed by atoms with Crippen LogP contribution < -0.4 is 0 Å². The molecule has 2 rings (SSSR count). The zero-order valence-electron chi connectivity index (χ0n) is 9.17. The lowest BCUT2D eigenvalue weighted by Gasteiger charge is -2.02. The molecule has 0 aliphatic carbocycles. The first-order chi connectivity index (χ1) is 8.11. The molecule has 0 amide bonds. The van der Waals surface area contributed by atoms with Crippen LogP contribution in [0.1, 0.15) is 27.0 Å². The lowest BCUT2D eigenvalue weighted by atomic mass is 10.1. The van der Waals surface area contributed by atoms with E-state index >= 15 is 0 Å². The number of benzene rings is 1. The fourth-order valence-electron chi connectivity index (χ4n) is 1.50. The lowest BCUT2D eigenvalue weighted by Crippen LogP contribution is -1.99. The van der Waals surface area contributed by atoms with Gasteiger partial charge in [-0.15, -0.1) is 11.3 Å². The van der Waals surface area contributed by atoms with Crippen LogP contribution in [-0.2, 0) is 6.42 Å². The third-order valence-corrected chi connectivity index (χ3v) is 4.79. The van der Waals surface area contributed by atoms with E-state index in [-0.39, 0.29) is 5.78 Å². The van der Waals surface area contributed by atoms with Gasteiger partial charge >= 0.3 is 0 Å². The molecule has 0 radical (unpaired) electrons. The van der Waals surface area contributed by atoms with Gasteiger partial charge in [0.1, 0.15) is 0 Å². The van der Waals surface area contributed by atoms with Crippen molar-refractivity contribution in [1.29, 1.82) is 0 Å². The smallest absolute Gasteiger partial charge is 0.204 e. The molecule has 4 heteroatoms. The second-order valence-corrected chi connectivity index (χ2v) is 6.51. The molecule has 0 aliphatic heterocycles. The van der Waals surface area contributed by atoms with E-state index in [1.54, 1.807) is 11.3 Å². The molecule has 0 bridgehead atoms. The number of thiophene rings is 1. The molecule has 0 saturated carbocycles. The largest absolute Gasteiger partial charge is 0.288 e. The van der Waals surface area contributed by atoms with E-state index in [9.17, 15) is 4.79 Å². The van der Waals surface area contributed by atoms with Gasteiger partial charge in [-0.1, -0.05) is 22.9 Å². The zero-order chi connectivity index (χ0) is 12.4. The molecule has 0 spiro atoms. The Labute approximate surface area is 121 Å². The quantitative estimate of drug-likeness (QED) is 0.686. The number of hydrogen-bond donors (Lipinski definition) is 0. The number of halogens is 2. The lowest BCUT2D eigenvalue weighted by molar-refractivity contribution is 0.104. The Morgan fingerprint density at radius 2 is 2.00 bits per heavy atom. The SMILES string of the molecule is CCc1ccc(C(=O)c2ccc(Br)cc2Br)s1. The summed E-state index contributed by atoms with van der Waals surface area (Å²) in [5, 5.41) is 0. The minimum absolute atomic E-state index is 0.0778. The Hall–Kier alpha value is -0.450. The first-order valence-electron chi connectivity index (χ1n) is 5.20. The van der Waals surface area contributed by atoms with Crippen LogP contribution in [0, 0.1) is 0 Å². The summed E-state index contributed by atoms with van der Waals surface area (Å²) in [7, 11) is 0. The van der Waals surface area contributed by atoms with Crippen molar-refractivity contribution in [3.63, 3.8) is 0 Å². The third kappa shape index (κ3) is 2.87. The normalized spacial score (nSPS) is 10.5. The highest BCUT2D eigenvalue weighted by atomic mass is 79.9. The summed E-state index contributed by atoms with van der Waals surface area (Å²) in [6.07, 6.45) is 0.972. The second-order valence-electron chi connectivity index (χ2n) is 3.57. The van der Waals surface area contributed by atoms with Gasteiger partial charge in [-0.2, -0.15) is 0 Å². The van der Waals surface area contributed by atoms with Gasteiger partial charge in [0, 0.05) is 19.4 Å². The Morgan fingerprint density at radius 1 is 1.24 bits per heavy atom. The predicted octanol–water partition coefficient (Wildman–Crippen LogP) is 5.07. The summed E-state index contributed by atoms with van der Waals surface area (Å²) >= 11 is 8.37. The van der Waals surface area contributed by atoms with Gasteiger partial charge < -0.3 is 0 Å². The molecule has 1 heterocycles. The van der Waals surface area contributed by atoms with Gasteiger partial charge in [-0.25, -0.2) is 0 Å². The molecule has 0 N–H and O–H groups in total. The molecule has 2 aromatic rings. The van der Waals surface area contributed by atoms with E-state index in [0.717, 1.165) is 20.2 Å². The van der Waals surface area contributed by atoms with Crippen molar-refractivity contribution < 1.29 is 4.79 Å². The molecule has 88 valence electrons. The van der Waals surface area contributed by atoms with Crippen LogP contribution in [0.15, 0.2) is 39.3 Å². The van der Waals surface area contributed by atoms with Crippen molar-refractivity contribution in [3.8, 4) is 0 Å². The average Bonchev–Trinajstić information content (AvgIpc) is 2.76. The Kier molecular flexibility index (Phi) is 4.17. The van der Waals surface area contributed by atoms with Crippen molar-refractivity contribution >= 4 is 49.0 Å². The van der Waals surface area contributed by atoms with E-state index in [4.69, 9.17) is 0 Å². The molecule has 0 aliphatic rings. The van der Waals surface area contributed by atoms with Crippen LogP contribution in [0.5, 0.6) is 0 Å². The fourth-order valence-corrected chi connectivity index (χ4v) is 3.63. The van der Waals surface area contributed by atoms with Gasteiger partial charge in [-0.05, 0) is 52.7 Å². The zero-order valence-corrected chi connectivity index (χ0v) is 13.2. The molecule has 17 heavy (non-hydrogen) atoms. The van der Waals surface area contributed by atoms with Crippen LogP contribution in [-0.4, -0.2) is 5.78 Å². The van der Waals surface area contributed by atoms with E-state index in [1.807, 2.05) is 30.3 Å². The molecule has 0 fully saturated rings. The summed E-state index contributed by atoms with van der Waals surface area (Å²) in [6.45, 7) is 2.09. The van der Waals surface area contributed by atoms with Crippen LogP contribution in [0.25, 0.3) is 0 Å². The number of hydrogen-bond acceptors (Lipinski definition) is 2. The molecule has 0 atom stereocenters. The minimum Gasteiger partial charge on any atom is -0.288 e. The second kappa shape index (κ2) is 5.46. The number of aryl methyl sites for hydroxylation is 1. The standard InChI is InChI=1S/C13H10Br2OS/c1-2-9-4-6-12(17-9)13(16)10-5-3-8(14)7-11(10)15/h3-7H,2H2,1H3. The highest BCUT2D eigenvalue weighted by Crippen LogP contribution is 2.27. The monoisotopic (exact) mass is 372 g/mol. The summed E-state index contributed by atoms with van der Waals surface area (Å²) < 4.78 is 1.78. The van der Waals surface area contributed by atoms with E-state index in [2.05, 4.69) is 38.8 Å². The maximum absolute atomic E-state index is 12.3. The first kappa shape index (κ1) is 13.0. The highest BCUT2D eigenvalue weighted by Gasteiger charge is 2.14. The maximum atomic E-state index is 12.3. The van der Waals surface area contributed by atoms with Gasteiger partial charge in [-0.3, -0.25) is 4.79 Å². The topological polar surface area (TPSA) is 17.1 Å². The van der Waals surface area contributed by atoms with Crippen molar-refractivity contribution in [2.75, 3.05) is 0 Å². The Balaban J connectivity index is 2.36. The summed E-state index contributed by atoms with van der Waals surface area (Å²) in [4.78, 5) is 14.3. The molecule has 1 aromatic heterocycles. The number of ketones is 1. The minimum atomic E-state index is 0.0778.